The third kappa shape index (κ3) is 3.89. The second kappa shape index (κ2) is 7.72. The summed E-state index contributed by atoms with van der Waals surface area (Å²) in [7, 11) is 0. The number of amides is 2. The molecule has 0 aromatic heterocycles. The van der Waals surface area contributed by atoms with Gasteiger partial charge in [-0.1, -0.05) is 19.9 Å². The number of likely N-dealkylation sites (tertiary alicyclic amines) is 2. The van der Waals surface area contributed by atoms with Crippen molar-refractivity contribution in [3.05, 3.63) is 35.4 Å². The molecule has 0 radical (unpaired) electrons. The molecule has 1 aromatic carbocycles. The van der Waals surface area contributed by atoms with E-state index in [0.29, 0.717) is 18.8 Å². The summed E-state index contributed by atoms with van der Waals surface area (Å²) >= 11 is 0. The summed E-state index contributed by atoms with van der Waals surface area (Å²) in [4.78, 5) is 28.6. The van der Waals surface area contributed by atoms with Gasteiger partial charge in [0, 0.05) is 49.6 Å². The van der Waals surface area contributed by atoms with Crippen molar-refractivity contribution in [2.75, 3.05) is 6.54 Å². The molecule has 0 bridgehead atoms. The molecule has 2 amide bonds. The monoisotopic (exact) mass is 364 g/mol. The Kier molecular flexibility index (Phi) is 5.58. The molecule has 0 spiro atoms. The van der Waals surface area contributed by atoms with E-state index >= 15 is 0 Å². The highest BCUT2D eigenvalue weighted by molar-refractivity contribution is 5.82. The first-order valence-corrected chi connectivity index (χ1v) is 9.39. The standard InChI is InChI=1S/C20H26F2N2O2/c1-13(2)18-4-3-9-23(18)20(26)11-16-7-8-19(25)24(16)12-14-5-6-15(21)10-17(14)22/h5-6,10,13,16,18H,3-4,7-9,11-12H2,1-2H3. The molecule has 142 valence electrons. The summed E-state index contributed by atoms with van der Waals surface area (Å²) in [6.07, 6.45) is 3.29. The Morgan fingerprint density at radius 2 is 2.04 bits per heavy atom. The number of carbonyl (C=O) groups excluding carboxylic acids is 2. The third-order valence-electron chi connectivity index (χ3n) is 5.61. The average molecular weight is 364 g/mol. The molecule has 0 aliphatic carbocycles. The van der Waals surface area contributed by atoms with E-state index in [-0.39, 0.29) is 42.4 Å². The minimum Gasteiger partial charge on any atom is -0.339 e. The van der Waals surface area contributed by atoms with Gasteiger partial charge in [-0.25, -0.2) is 8.78 Å². The van der Waals surface area contributed by atoms with Crippen molar-refractivity contribution in [1.29, 1.82) is 0 Å². The van der Waals surface area contributed by atoms with Gasteiger partial charge in [0.1, 0.15) is 11.6 Å². The second-order valence-electron chi connectivity index (χ2n) is 7.69. The van der Waals surface area contributed by atoms with Gasteiger partial charge in [-0.2, -0.15) is 0 Å². The first-order chi connectivity index (χ1) is 12.4. The van der Waals surface area contributed by atoms with Crippen LogP contribution >= 0.6 is 0 Å². The van der Waals surface area contributed by atoms with Crippen molar-refractivity contribution >= 4 is 11.8 Å². The molecule has 0 N–H and O–H groups in total. The predicted octanol–water partition coefficient (Wildman–Crippen LogP) is 3.49. The van der Waals surface area contributed by atoms with Gasteiger partial charge in [-0.3, -0.25) is 9.59 Å². The number of hydrogen-bond acceptors (Lipinski definition) is 2. The van der Waals surface area contributed by atoms with Crippen LogP contribution < -0.4 is 0 Å². The van der Waals surface area contributed by atoms with Crippen LogP contribution in [0, 0.1) is 17.6 Å². The van der Waals surface area contributed by atoms with Crippen molar-refractivity contribution in [3.63, 3.8) is 0 Å². The first kappa shape index (κ1) is 18.8. The minimum atomic E-state index is -0.658. The van der Waals surface area contributed by atoms with Gasteiger partial charge in [0.2, 0.25) is 11.8 Å². The Labute approximate surface area is 153 Å². The quantitative estimate of drug-likeness (QED) is 0.802. The summed E-state index contributed by atoms with van der Waals surface area (Å²) in [5.41, 5.74) is 0.278. The summed E-state index contributed by atoms with van der Waals surface area (Å²) in [5, 5.41) is 0. The lowest BCUT2D eigenvalue weighted by Gasteiger charge is -2.31. The first-order valence-electron chi connectivity index (χ1n) is 9.39. The molecule has 0 saturated carbocycles. The average Bonchev–Trinajstić information content (AvgIpc) is 3.19. The Bertz CT molecular complexity index is 692. The fourth-order valence-corrected chi connectivity index (χ4v) is 4.17. The third-order valence-corrected chi connectivity index (χ3v) is 5.61. The van der Waals surface area contributed by atoms with Gasteiger partial charge in [0.25, 0.3) is 0 Å². The Hall–Kier alpha value is -1.98. The SMILES string of the molecule is CC(C)C1CCCN1C(=O)CC1CCC(=O)N1Cc1ccc(F)cc1F. The summed E-state index contributed by atoms with van der Waals surface area (Å²) in [5.74, 6) is -0.886. The highest BCUT2D eigenvalue weighted by Gasteiger charge is 2.37. The number of hydrogen-bond donors (Lipinski definition) is 0. The molecule has 2 fully saturated rings. The lowest BCUT2D eigenvalue weighted by atomic mass is 10.0. The predicted molar refractivity (Wildman–Crippen MR) is 94.1 cm³/mol. The van der Waals surface area contributed by atoms with Gasteiger partial charge >= 0.3 is 0 Å². The van der Waals surface area contributed by atoms with E-state index in [0.717, 1.165) is 25.5 Å². The molecule has 2 aliphatic heterocycles. The normalized spacial score (nSPS) is 23.3. The van der Waals surface area contributed by atoms with Gasteiger partial charge in [-0.15, -0.1) is 0 Å². The molecular formula is C20H26F2N2O2. The number of carbonyl (C=O) groups is 2. The zero-order chi connectivity index (χ0) is 18.8. The van der Waals surface area contributed by atoms with Crippen LogP contribution in [0.25, 0.3) is 0 Å². The molecule has 26 heavy (non-hydrogen) atoms. The summed E-state index contributed by atoms with van der Waals surface area (Å²) < 4.78 is 27.0. The fraction of sp³-hybridized carbons (Fsp3) is 0.600. The van der Waals surface area contributed by atoms with Crippen LogP contribution in [0.2, 0.25) is 0 Å². The Morgan fingerprint density at radius 3 is 2.73 bits per heavy atom. The van der Waals surface area contributed by atoms with E-state index in [2.05, 4.69) is 13.8 Å². The molecule has 1 aromatic rings. The number of rotatable bonds is 5. The lowest BCUT2D eigenvalue weighted by molar-refractivity contribution is -0.135. The number of benzene rings is 1. The number of nitrogens with zero attached hydrogens (tertiary/aromatic N) is 2. The lowest BCUT2D eigenvalue weighted by Crippen LogP contribution is -2.42. The molecule has 4 nitrogen and oxygen atoms in total. The van der Waals surface area contributed by atoms with Gasteiger partial charge in [-0.05, 0) is 31.2 Å². The van der Waals surface area contributed by atoms with E-state index in [4.69, 9.17) is 0 Å². The minimum absolute atomic E-state index is 0.0745. The van der Waals surface area contributed by atoms with Crippen molar-refractivity contribution in [1.82, 2.24) is 9.80 Å². The maximum absolute atomic E-state index is 14.0. The van der Waals surface area contributed by atoms with Crippen LogP contribution in [-0.2, 0) is 16.1 Å². The van der Waals surface area contributed by atoms with Crippen LogP contribution in [0.15, 0.2) is 18.2 Å². The van der Waals surface area contributed by atoms with Crippen molar-refractivity contribution in [3.8, 4) is 0 Å². The van der Waals surface area contributed by atoms with Crippen molar-refractivity contribution in [2.24, 2.45) is 5.92 Å². The largest absolute Gasteiger partial charge is 0.339 e. The fourth-order valence-electron chi connectivity index (χ4n) is 4.17. The maximum atomic E-state index is 14.0. The molecule has 2 heterocycles. The Balaban J connectivity index is 1.68. The van der Waals surface area contributed by atoms with Crippen molar-refractivity contribution in [2.45, 2.75) is 64.6 Å². The van der Waals surface area contributed by atoms with Crippen molar-refractivity contribution < 1.29 is 18.4 Å². The molecule has 2 unspecified atom stereocenters. The molecule has 2 aliphatic rings. The van der Waals surface area contributed by atoms with Crippen LogP contribution in [0.1, 0.15) is 51.5 Å². The van der Waals surface area contributed by atoms with Gasteiger partial charge in [0.05, 0.1) is 0 Å². The highest BCUT2D eigenvalue weighted by atomic mass is 19.1. The van der Waals surface area contributed by atoms with E-state index < -0.39 is 11.6 Å². The van der Waals surface area contributed by atoms with Gasteiger partial charge < -0.3 is 9.80 Å². The summed E-state index contributed by atoms with van der Waals surface area (Å²) in [6.45, 7) is 5.10. The van der Waals surface area contributed by atoms with Crippen LogP contribution in [0.3, 0.4) is 0 Å². The summed E-state index contributed by atoms with van der Waals surface area (Å²) in [6, 6.07) is 3.43. The smallest absolute Gasteiger partial charge is 0.224 e. The zero-order valence-electron chi connectivity index (χ0n) is 15.4. The second-order valence-corrected chi connectivity index (χ2v) is 7.69. The molecule has 2 atom stereocenters. The highest BCUT2D eigenvalue weighted by Crippen LogP contribution is 2.29. The molecule has 3 rings (SSSR count). The van der Waals surface area contributed by atoms with Gasteiger partial charge in [0.15, 0.2) is 0 Å². The van der Waals surface area contributed by atoms with Crippen LogP contribution in [0.4, 0.5) is 8.78 Å². The van der Waals surface area contributed by atoms with E-state index in [1.807, 2.05) is 4.90 Å². The molecule has 6 heteroatoms. The maximum Gasteiger partial charge on any atom is 0.224 e. The molecule has 2 saturated heterocycles. The van der Waals surface area contributed by atoms with Crippen LogP contribution in [-0.4, -0.2) is 40.2 Å². The van der Waals surface area contributed by atoms with E-state index in [9.17, 15) is 18.4 Å². The molecular weight excluding hydrogens is 338 g/mol. The van der Waals surface area contributed by atoms with E-state index in [1.165, 1.54) is 12.1 Å². The topological polar surface area (TPSA) is 40.6 Å². The zero-order valence-corrected chi connectivity index (χ0v) is 15.4. The van der Waals surface area contributed by atoms with E-state index in [1.54, 1.807) is 4.90 Å². The number of halogens is 2. The van der Waals surface area contributed by atoms with Crippen LogP contribution in [0.5, 0.6) is 0 Å². The Morgan fingerprint density at radius 1 is 1.27 bits per heavy atom.